The van der Waals surface area contributed by atoms with E-state index >= 15 is 0 Å². The Morgan fingerprint density at radius 3 is 2.62 bits per heavy atom. The number of benzene rings is 2. The first kappa shape index (κ1) is 23.4. The van der Waals surface area contributed by atoms with E-state index in [-0.39, 0.29) is 5.54 Å². The number of nitrogens with zero attached hydrogens (tertiary/aromatic N) is 3. The van der Waals surface area contributed by atoms with E-state index in [2.05, 4.69) is 86.3 Å². The lowest BCUT2D eigenvalue weighted by Crippen LogP contribution is -2.29. The highest BCUT2D eigenvalue weighted by atomic mass is 16.3. The average Bonchev–Trinajstić information content (AvgIpc) is 3.72. The number of hydrogen-bond donors (Lipinski definition) is 3. The molecule has 1 aliphatic rings. The van der Waals surface area contributed by atoms with Crippen molar-refractivity contribution in [2.45, 2.75) is 32.0 Å². The van der Waals surface area contributed by atoms with Gasteiger partial charge in [0.05, 0.1) is 41.2 Å². The summed E-state index contributed by atoms with van der Waals surface area (Å²) >= 11 is 0. The van der Waals surface area contributed by atoms with E-state index in [4.69, 9.17) is 4.42 Å². The van der Waals surface area contributed by atoms with Crippen LogP contribution < -0.4 is 10.6 Å². The van der Waals surface area contributed by atoms with E-state index in [1.165, 1.54) is 11.1 Å². The van der Waals surface area contributed by atoms with Gasteiger partial charge in [-0.1, -0.05) is 36.4 Å². The van der Waals surface area contributed by atoms with Gasteiger partial charge in [0.15, 0.2) is 0 Å². The van der Waals surface area contributed by atoms with E-state index in [9.17, 15) is 0 Å². The van der Waals surface area contributed by atoms with Gasteiger partial charge >= 0.3 is 0 Å². The van der Waals surface area contributed by atoms with Crippen LogP contribution in [0.4, 0.5) is 5.69 Å². The number of aromatic amines is 1. The molecule has 1 aliphatic heterocycles. The second kappa shape index (κ2) is 9.53. The average molecular weight is 513 g/mol. The third-order valence-corrected chi connectivity index (χ3v) is 7.57. The van der Waals surface area contributed by atoms with Crippen LogP contribution in [0.25, 0.3) is 33.2 Å². The van der Waals surface area contributed by atoms with Crippen molar-refractivity contribution in [3.63, 3.8) is 0 Å². The molecule has 39 heavy (non-hydrogen) atoms. The molecule has 0 aliphatic carbocycles. The van der Waals surface area contributed by atoms with E-state index in [0.717, 1.165) is 69.6 Å². The summed E-state index contributed by atoms with van der Waals surface area (Å²) < 4.78 is 5.34. The minimum atomic E-state index is -0.362. The van der Waals surface area contributed by atoms with Gasteiger partial charge in [0.25, 0.3) is 0 Å². The molecule has 1 unspecified atom stereocenters. The number of aromatic nitrogens is 4. The van der Waals surface area contributed by atoms with Crippen LogP contribution in [0.15, 0.2) is 102 Å². The van der Waals surface area contributed by atoms with Crippen LogP contribution in [0.5, 0.6) is 0 Å². The first-order chi connectivity index (χ1) is 19.2. The van der Waals surface area contributed by atoms with Crippen molar-refractivity contribution in [1.82, 2.24) is 25.5 Å². The summed E-state index contributed by atoms with van der Waals surface area (Å²) in [7, 11) is 0. The Morgan fingerprint density at radius 2 is 1.74 bits per heavy atom. The zero-order valence-electron chi connectivity index (χ0n) is 21.6. The maximum atomic E-state index is 5.34. The number of fused-ring (bicyclic) bond motifs is 2. The number of furan rings is 1. The number of rotatable bonds is 7. The second-order valence-corrected chi connectivity index (χ2v) is 10.4. The van der Waals surface area contributed by atoms with Gasteiger partial charge in [0.2, 0.25) is 0 Å². The topological polar surface area (TPSA) is 91.7 Å². The Kier molecular flexibility index (Phi) is 5.71. The van der Waals surface area contributed by atoms with E-state index < -0.39 is 0 Å². The van der Waals surface area contributed by atoms with Gasteiger partial charge in [-0.25, -0.2) is 0 Å². The predicted molar refractivity (Wildman–Crippen MR) is 153 cm³/mol. The molecule has 4 aromatic heterocycles. The Hall–Kier alpha value is -4.75. The highest BCUT2D eigenvalue weighted by Crippen LogP contribution is 2.44. The van der Waals surface area contributed by atoms with Crippen LogP contribution in [0, 0.1) is 0 Å². The first-order valence-corrected chi connectivity index (χ1v) is 13.1. The Bertz CT molecular complexity index is 1760. The quantitative estimate of drug-likeness (QED) is 0.228. The second-order valence-electron chi connectivity index (χ2n) is 10.4. The van der Waals surface area contributed by atoms with Crippen molar-refractivity contribution in [3.8, 4) is 22.3 Å². The van der Waals surface area contributed by atoms with Gasteiger partial charge in [-0.05, 0) is 53.4 Å². The van der Waals surface area contributed by atoms with Gasteiger partial charge in [0.1, 0.15) is 0 Å². The van der Waals surface area contributed by atoms with Crippen LogP contribution >= 0.6 is 0 Å². The molecule has 0 bridgehead atoms. The third-order valence-electron chi connectivity index (χ3n) is 7.57. The summed E-state index contributed by atoms with van der Waals surface area (Å²) in [5.41, 5.74) is 10.6. The summed E-state index contributed by atoms with van der Waals surface area (Å²) in [6, 6.07) is 21.0. The van der Waals surface area contributed by atoms with E-state index in [1.807, 2.05) is 36.9 Å². The minimum Gasteiger partial charge on any atom is -0.472 e. The number of pyridine rings is 2. The lowest BCUT2D eigenvalue weighted by Gasteiger charge is -2.24. The molecule has 0 saturated heterocycles. The fourth-order valence-electron chi connectivity index (χ4n) is 5.60. The summed E-state index contributed by atoms with van der Waals surface area (Å²) in [6.45, 7) is 3.79. The molecule has 192 valence electrons. The Labute approximate surface area is 226 Å². The van der Waals surface area contributed by atoms with Crippen molar-refractivity contribution in [1.29, 1.82) is 0 Å². The summed E-state index contributed by atoms with van der Waals surface area (Å²) in [5.74, 6) is 0. The van der Waals surface area contributed by atoms with Crippen LogP contribution in [0.1, 0.15) is 29.3 Å². The Balaban J connectivity index is 1.17. The predicted octanol–water partition coefficient (Wildman–Crippen LogP) is 6.45. The van der Waals surface area contributed by atoms with E-state index in [1.54, 1.807) is 12.5 Å². The molecule has 0 amide bonds. The van der Waals surface area contributed by atoms with Crippen LogP contribution in [0.3, 0.4) is 0 Å². The molecule has 0 saturated carbocycles. The normalized spacial score (nSPS) is 16.3. The van der Waals surface area contributed by atoms with Crippen molar-refractivity contribution in [2.75, 3.05) is 5.32 Å². The zero-order chi connectivity index (χ0) is 26.2. The van der Waals surface area contributed by atoms with Crippen LogP contribution in [-0.4, -0.2) is 20.2 Å². The van der Waals surface area contributed by atoms with Crippen molar-refractivity contribution in [3.05, 3.63) is 120 Å². The lowest BCUT2D eigenvalue weighted by molar-refractivity contribution is 0.552. The maximum Gasteiger partial charge on any atom is 0.0981 e. The van der Waals surface area contributed by atoms with Crippen LogP contribution in [0.2, 0.25) is 0 Å². The molecule has 7 nitrogen and oxygen atoms in total. The third kappa shape index (κ3) is 4.36. The molecule has 0 radical (unpaired) electrons. The fraction of sp³-hybridized carbons (Fsp3) is 0.156. The van der Waals surface area contributed by atoms with Crippen molar-refractivity contribution in [2.24, 2.45) is 0 Å². The van der Waals surface area contributed by atoms with Gasteiger partial charge in [-0.3, -0.25) is 15.1 Å². The number of nitrogens with one attached hydrogen (secondary N) is 3. The van der Waals surface area contributed by atoms with Crippen molar-refractivity contribution < 1.29 is 4.42 Å². The summed E-state index contributed by atoms with van der Waals surface area (Å²) in [5, 5.41) is 16.3. The lowest BCUT2D eigenvalue weighted by atomic mass is 9.89. The first-order valence-electron chi connectivity index (χ1n) is 13.1. The fourth-order valence-corrected chi connectivity index (χ4v) is 5.60. The molecule has 0 fully saturated rings. The molecule has 5 heterocycles. The van der Waals surface area contributed by atoms with Crippen molar-refractivity contribution >= 4 is 16.6 Å². The number of anilines is 1. The standard InChI is InChI=1S/C32H28N6O/c1-32(13-27-28(24-9-10-39-20-24)18-35-19-30(27)36-32)31-26-12-23(7-8-29(26)37-38-31)25-11-22(16-34-17-25)15-33-14-21-5-3-2-4-6-21/h2-12,16-20,33,36H,13-15H2,1H3,(H,37,38). The molecule has 2 aromatic carbocycles. The SMILES string of the molecule is CC1(c2[nH]nc3ccc(-c4cncc(CNCc5ccccc5)c4)cc23)Cc2c(cncc2-c2ccoc2)N1. The largest absolute Gasteiger partial charge is 0.472 e. The Morgan fingerprint density at radius 1 is 0.872 bits per heavy atom. The van der Waals surface area contributed by atoms with Crippen LogP contribution in [-0.2, 0) is 25.0 Å². The summed E-state index contributed by atoms with van der Waals surface area (Å²) in [6.07, 6.45) is 11.9. The zero-order valence-corrected chi connectivity index (χ0v) is 21.6. The molecule has 1 atom stereocenters. The van der Waals surface area contributed by atoms with Gasteiger partial charge in [0, 0.05) is 60.2 Å². The number of hydrogen-bond acceptors (Lipinski definition) is 6. The molecule has 3 N–H and O–H groups in total. The molecular formula is C32H28N6O. The summed E-state index contributed by atoms with van der Waals surface area (Å²) in [4.78, 5) is 9.02. The molecule has 7 heteroatoms. The molecule has 0 spiro atoms. The number of H-pyrrole nitrogens is 1. The smallest absolute Gasteiger partial charge is 0.0981 e. The maximum absolute atomic E-state index is 5.34. The van der Waals surface area contributed by atoms with Gasteiger partial charge in [-0.2, -0.15) is 5.10 Å². The monoisotopic (exact) mass is 512 g/mol. The molecular weight excluding hydrogens is 484 g/mol. The molecule has 6 aromatic rings. The minimum absolute atomic E-state index is 0.362. The highest BCUT2D eigenvalue weighted by Gasteiger charge is 2.38. The molecule has 7 rings (SSSR count). The van der Waals surface area contributed by atoms with Gasteiger partial charge in [-0.15, -0.1) is 0 Å². The highest BCUT2D eigenvalue weighted by molar-refractivity contribution is 5.88. The van der Waals surface area contributed by atoms with E-state index in [0.29, 0.717) is 0 Å². The van der Waals surface area contributed by atoms with Gasteiger partial charge < -0.3 is 15.1 Å².